The van der Waals surface area contributed by atoms with E-state index in [0.717, 1.165) is 38.1 Å². The first-order valence-corrected chi connectivity index (χ1v) is 9.77. The summed E-state index contributed by atoms with van der Waals surface area (Å²) in [4.78, 5) is 25.8. The Hall–Kier alpha value is -2.23. The zero-order chi connectivity index (χ0) is 21.1. The number of amides is 1. The molecule has 9 nitrogen and oxygen atoms in total. The molecule has 2 fully saturated rings. The summed E-state index contributed by atoms with van der Waals surface area (Å²) in [7, 11) is 0. The van der Waals surface area contributed by atoms with Crippen molar-refractivity contribution in [2.45, 2.75) is 56.7 Å². The maximum atomic E-state index is 11.4. The normalized spacial score (nSPS) is 23.3. The zero-order valence-corrected chi connectivity index (χ0v) is 16.2. The molecule has 2 aliphatic heterocycles. The Kier molecular flexibility index (Phi) is 6.97. The van der Waals surface area contributed by atoms with Crippen LogP contribution in [0, 0.1) is 11.3 Å². The second kappa shape index (κ2) is 8.85. The number of nitrogens with zero attached hydrogens (tertiary/aromatic N) is 5. The van der Waals surface area contributed by atoms with E-state index in [-0.39, 0.29) is 11.9 Å². The highest BCUT2D eigenvalue weighted by molar-refractivity contribution is 8.00. The van der Waals surface area contributed by atoms with Crippen molar-refractivity contribution in [1.82, 2.24) is 14.7 Å². The fourth-order valence-electron chi connectivity index (χ4n) is 3.00. The lowest BCUT2D eigenvalue weighted by Crippen LogP contribution is -2.43. The number of piperidine rings is 1. The predicted octanol–water partition coefficient (Wildman–Crippen LogP) is 2.01. The van der Waals surface area contributed by atoms with Crippen molar-refractivity contribution in [2.75, 3.05) is 23.9 Å². The highest BCUT2D eigenvalue weighted by Gasteiger charge is 2.41. The summed E-state index contributed by atoms with van der Waals surface area (Å²) in [5, 5.41) is 18.7. The van der Waals surface area contributed by atoms with Crippen LogP contribution in [0.4, 0.5) is 13.2 Å². The van der Waals surface area contributed by atoms with Crippen LogP contribution in [-0.2, 0) is 9.59 Å². The highest BCUT2D eigenvalue weighted by atomic mass is 32.2. The van der Waals surface area contributed by atoms with Gasteiger partial charge >= 0.3 is 12.1 Å². The summed E-state index contributed by atoms with van der Waals surface area (Å²) in [6.07, 6.45) is -2.28. The lowest BCUT2D eigenvalue weighted by Gasteiger charge is -2.29. The van der Waals surface area contributed by atoms with Gasteiger partial charge in [0.15, 0.2) is 0 Å². The number of rotatable bonds is 3. The van der Waals surface area contributed by atoms with E-state index in [1.165, 1.54) is 0 Å². The molecular weight excluding hydrogens is 403 g/mol. The molecular formula is C15H22F3N5O4S. The van der Waals surface area contributed by atoms with Crippen LogP contribution in [0.2, 0.25) is 0 Å². The van der Waals surface area contributed by atoms with Gasteiger partial charge in [-0.25, -0.2) is 14.4 Å². The second-order valence-corrected chi connectivity index (χ2v) is 7.61. The van der Waals surface area contributed by atoms with Crippen LogP contribution in [0.1, 0.15) is 39.2 Å². The number of halogens is 3. The maximum Gasteiger partial charge on any atom is 0.490 e. The van der Waals surface area contributed by atoms with Gasteiger partial charge in [-0.3, -0.25) is 4.79 Å². The molecule has 2 saturated heterocycles. The number of hydrogen-bond acceptors (Lipinski definition) is 6. The molecule has 3 heterocycles. The molecule has 0 radical (unpaired) electrons. The van der Waals surface area contributed by atoms with Crippen molar-refractivity contribution >= 4 is 23.6 Å². The molecule has 158 valence electrons. The number of aliphatic carboxylic acids is 1. The fraction of sp³-hybridized carbons (Fsp3) is 0.800. The Labute approximate surface area is 163 Å². The summed E-state index contributed by atoms with van der Waals surface area (Å²) in [5.74, 6) is -1.79. The molecule has 0 aliphatic carbocycles. The highest BCUT2D eigenvalue weighted by Crippen LogP contribution is 2.33. The Bertz CT molecular complexity index is 714. The first kappa shape index (κ1) is 22.1. The fourth-order valence-corrected chi connectivity index (χ4v) is 4.24. The largest absolute Gasteiger partial charge is 0.490 e. The topological polar surface area (TPSA) is 108 Å². The van der Waals surface area contributed by atoms with E-state index in [2.05, 4.69) is 13.0 Å². The van der Waals surface area contributed by atoms with Crippen molar-refractivity contribution in [3.05, 3.63) is 0 Å². The van der Waals surface area contributed by atoms with Crippen LogP contribution in [0.25, 0.3) is 0 Å². The summed E-state index contributed by atoms with van der Waals surface area (Å²) in [6.45, 7) is 5.30. The van der Waals surface area contributed by atoms with Crippen molar-refractivity contribution < 1.29 is 32.5 Å². The molecule has 1 N–H and O–H groups in total. The maximum absolute atomic E-state index is 11.4. The van der Waals surface area contributed by atoms with Gasteiger partial charge in [-0.15, -0.1) is 11.8 Å². The number of alkyl halides is 3. The van der Waals surface area contributed by atoms with Crippen LogP contribution in [0.5, 0.6) is 0 Å². The second-order valence-electron chi connectivity index (χ2n) is 6.40. The molecule has 0 aromatic carbocycles. The van der Waals surface area contributed by atoms with Crippen molar-refractivity contribution in [3.8, 4) is 6.07 Å². The van der Waals surface area contributed by atoms with Gasteiger partial charge in [0.05, 0.1) is 17.5 Å². The zero-order valence-electron chi connectivity index (χ0n) is 15.4. The van der Waals surface area contributed by atoms with Gasteiger partial charge in [-0.1, -0.05) is 11.8 Å². The number of carboxylic acids is 1. The average Bonchev–Trinajstić information content (AvgIpc) is 3.32. The molecule has 2 aliphatic rings. The van der Waals surface area contributed by atoms with Gasteiger partial charge < -0.3 is 10.0 Å². The minimum atomic E-state index is -5.08. The first-order valence-electron chi connectivity index (χ1n) is 8.72. The monoisotopic (exact) mass is 425 g/mol. The number of thioether (sulfide) groups is 1. The molecule has 1 aromatic heterocycles. The number of aromatic nitrogens is 2. The predicted molar refractivity (Wildman–Crippen MR) is 93.1 cm³/mol. The van der Waals surface area contributed by atoms with Crippen LogP contribution in [0.15, 0.2) is 4.63 Å². The van der Waals surface area contributed by atoms with Gasteiger partial charge in [0.2, 0.25) is 5.91 Å². The summed E-state index contributed by atoms with van der Waals surface area (Å²) >= 11 is 1.81. The lowest BCUT2D eigenvalue weighted by molar-refractivity contribution is -0.192. The quantitative estimate of drug-likeness (QED) is 0.789. The number of hydrogen-bond donors (Lipinski definition) is 1. The minimum absolute atomic E-state index is 0.123. The van der Waals surface area contributed by atoms with Crippen LogP contribution < -0.4 is 5.01 Å². The molecule has 0 bridgehead atoms. The third kappa shape index (κ3) is 5.18. The van der Waals surface area contributed by atoms with Gasteiger partial charge in [0, 0.05) is 30.7 Å². The Morgan fingerprint density at radius 1 is 1.32 bits per heavy atom. The molecule has 28 heavy (non-hydrogen) atoms. The van der Waals surface area contributed by atoms with E-state index < -0.39 is 12.1 Å². The Morgan fingerprint density at radius 3 is 2.32 bits per heavy atom. The van der Waals surface area contributed by atoms with Crippen molar-refractivity contribution in [1.29, 1.82) is 5.26 Å². The molecule has 1 amide bonds. The van der Waals surface area contributed by atoms with Crippen LogP contribution >= 0.6 is 11.8 Å². The Balaban J connectivity index is 0.000000345. The summed E-state index contributed by atoms with van der Waals surface area (Å²) in [5.41, 5.74) is 0. The standard InChI is InChI=1S/C13H21N5O2S.C2HF3O2/c1-3-13-16(12(8-14)9-21-13)18-17(20-18)11-4-6-15(7-5-11)10(2)19;3-2(4,5)1(6)7/h11-13H,3-7,9H2,1-2H3;(H,6,7). The van der Waals surface area contributed by atoms with Crippen molar-refractivity contribution in [2.24, 2.45) is 0 Å². The van der Waals surface area contributed by atoms with E-state index in [1.54, 1.807) is 23.6 Å². The lowest BCUT2D eigenvalue weighted by atomic mass is 10.1. The van der Waals surface area contributed by atoms with E-state index in [9.17, 15) is 23.2 Å². The first-order chi connectivity index (χ1) is 13.1. The van der Waals surface area contributed by atoms with E-state index >= 15 is 0 Å². The SMILES string of the molecule is CCC1SCC(C#N)N1n1on1C1CCN(C(C)=O)CC1.O=C(O)C(F)(F)F. The molecule has 0 saturated carbocycles. The van der Waals surface area contributed by atoms with E-state index in [4.69, 9.17) is 14.5 Å². The van der Waals surface area contributed by atoms with Gasteiger partial charge in [0.1, 0.15) is 6.04 Å². The Morgan fingerprint density at radius 2 is 1.89 bits per heavy atom. The smallest absolute Gasteiger partial charge is 0.475 e. The summed E-state index contributed by atoms with van der Waals surface area (Å²) < 4.78 is 37.4. The van der Waals surface area contributed by atoms with Crippen LogP contribution in [-0.4, -0.2) is 68.1 Å². The molecule has 2 unspecified atom stereocenters. The molecule has 2 atom stereocenters. The number of carboxylic acid groups (broad SMARTS) is 1. The number of nitriles is 1. The van der Waals surface area contributed by atoms with Gasteiger partial charge in [0.25, 0.3) is 0 Å². The molecule has 0 spiro atoms. The van der Waals surface area contributed by atoms with Crippen molar-refractivity contribution in [3.63, 3.8) is 0 Å². The van der Waals surface area contributed by atoms with Gasteiger partial charge in [-0.2, -0.15) is 18.4 Å². The van der Waals surface area contributed by atoms with Gasteiger partial charge in [-0.05, 0) is 19.3 Å². The third-order valence-electron chi connectivity index (χ3n) is 4.52. The number of carbonyl (C=O) groups is 2. The minimum Gasteiger partial charge on any atom is -0.475 e. The van der Waals surface area contributed by atoms with E-state index in [0.29, 0.717) is 11.4 Å². The third-order valence-corrected chi connectivity index (χ3v) is 5.96. The number of carbonyl (C=O) groups excluding carboxylic acids is 1. The molecule has 3 rings (SSSR count). The molecule has 1 aromatic rings. The number of likely N-dealkylation sites (tertiary alicyclic amines) is 1. The summed E-state index contributed by atoms with van der Waals surface area (Å²) in [6, 6.07) is 2.52. The van der Waals surface area contributed by atoms with E-state index in [1.807, 2.05) is 14.8 Å². The molecule has 13 heteroatoms. The average molecular weight is 425 g/mol. The van der Waals surface area contributed by atoms with Crippen LogP contribution in [0.3, 0.4) is 0 Å².